The smallest absolute Gasteiger partial charge is 0.269 e. The van der Waals surface area contributed by atoms with Crippen LogP contribution in [0.1, 0.15) is 23.6 Å². The van der Waals surface area contributed by atoms with Gasteiger partial charge in [0.25, 0.3) is 5.69 Å². The van der Waals surface area contributed by atoms with Crippen molar-refractivity contribution in [2.45, 2.75) is 20.5 Å². The summed E-state index contributed by atoms with van der Waals surface area (Å²) in [7, 11) is 0. The zero-order valence-electron chi connectivity index (χ0n) is 16.8. The van der Waals surface area contributed by atoms with Crippen LogP contribution in [0.25, 0.3) is 5.57 Å². The van der Waals surface area contributed by atoms with Crippen molar-refractivity contribution in [3.05, 3.63) is 106 Å². The molecule has 0 radical (unpaired) electrons. The number of nitro groups is 1. The molecule has 0 aliphatic carbocycles. The van der Waals surface area contributed by atoms with E-state index in [9.17, 15) is 14.9 Å². The van der Waals surface area contributed by atoms with E-state index in [4.69, 9.17) is 4.74 Å². The molecule has 0 atom stereocenters. The van der Waals surface area contributed by atoms with Crippen molar-refractivity contribution in [3.8, 4) is 5.75 Å². The van der Waals surface area contributed by atoms with Gasteiger partial charge in [-0.05, 0) is 54.3 Å². The number of rotatable bonds is 7. The van der Waals surface area contributed by atoms with Gasteiger partial charge in [-0.15, -0.1) is 0 Å². The maximum Gasteiger partial charge on any atom is 0.269 e. The number of nitrogens with zero attached hydrogens (tertiary/aromatic N) is 1. The Kier molecular flexibility index (Phi) is 6.60. The number of amides is 1. The molecule has 1 amide bonds. The minimum Gasteiger partial charge on any atom is -0.487 e. The molecular weight excluding hydrogens is 380 g/mol. The quantitative estimate of drug-likeness (QED) is 0.320. The summed E-state index contributed by atoms with van der Waals surface area (Å²) < 4.78 is 5.93. The highest BCUT2D eigenvalue weighted by Gasteiger charge is 2.11. The molecule has 0 aliphatic heterocycles. The first-order chi connectivity index (χ1) is 14.4. The lowest BCUT2D eigenvalue weighted by molar-refractivity contribution is -0.384. The third kappa shape index (κ3) is 5.32. The lowest BCUT2D eigenvalue weighted by Gasteiger charge is -2.14. The van der Waals surface area contributed by atoms with E-state index in [1.807, 2.05) is 55.5 Å². The Morgan fingerprint density at radius 3 is 2.40 bits per heavy atom. The lowest BCUT2D eigenvalue weighted by Crippen LogP contribution is -2.11. The molecule has 0 bridgehead atoms. The number of hydrogen-bond acceptors (Lipinski definition) is 4. The number of nitro benzene ring substituents is 1. The number of benzene rings is 3. The van der Waals surface area contributed by atoms with Gasteiger partial charge in [-0.1, -0.05) is 42.5 Å². The average molecular weight is 402 g/mol. The number of nitrogens with one attached hydrogen (secondary N) is 1. The minimum atomic E-state index is -0.454. The number of non-ortho nitro benzene ring substituents is 1. The van der Waals surface area contributed by atoms with Gasteiger partial charge in [-0.3, -0.25) is 14.9 Å². The number of carbonyl (C=O) groups is 1. The summed E-state index contributed by atoms with van der Waals surface area (Å²) in [6.45, 7) is 4.08. The standard InChI is InChI=1S/C24H22N2O4/c1-17-7-6-10-22(30-16-19-8-4-3-5-9-19)24(17)25-23(27)15-18(2)20-11-13-21(14-12-20)26(28)29/h3-15H,16H2,1-2H3,(H,25,27)/b18-15+. The molecule has 3 rings (SSSR count). The second kappa shape index (κ2) is 9.52. The van der Waals surface area contributed by atoms with Gasteiger partial charge in [0, 0.05) is 18.2 Å². The van der Waals surface area contributed by atoms with Crippen molar-refractivity contribution in [1.29, 1.82) is 0 Å². The number of para-hydroxylation sites is 1. The molecule has 0 aromatic heterocycles. The number of aryl methyl sites for hydroxylation is 1. The molecule has 152 valence electrons. The van der Waals surface area contributed by atoms with Gasteiger partial charge in [0.1, 0.15) is 12.4 Å². The zero-order chi connectivity index (χ0) is 21.5. The van der Waals surface area contributed by atoms with Crippen LogP contribution in [-0.2, 0) is 11.4 Å². The Labute approximate surface area is 175 Å². The Hall–Kier alpha value is -3.93. The Bertz CT molecular complexity index is 1070. The van der Waals surface area contributed by atoms with Crippen molar-refractivity contribution in [3.63, 3.8) is 0 Å². The normalized spacial score (nSPS) is 11.1. The molecular formula is C24H22N2O4. The summed E-state index contributed by atoms with van der Waals surface area (Å²) in [5, 5.41) is 13.7. The second-order valence-electron chi connectivity index (χ2n) is 6.84. The molecule has 3 aromatic carbocycles. The van der Waals surface area contributed by atoms with Crippen LogP contribution in [0.5, 0.6) is 5.75 Å². The first-order valence-electron chi connectivity index (χ1n) is 9.44. The molecule has 6 nitrogen and oxygen atoms in total. The number of ether oxygens (including phenoxy) is 1. The van der Waals surface area contributed by atoms with E-state index < -0.39 is 4.92 Å². The average Bonchev–Trinajstić information content (AvgIpc) is 2.75. The summed E-state index contributed by atoms with van der Waals surface area (Å²) >= 11 is 0. The monoisotopic (exact) mass is 402 g/mol. The summed E-state index contributed by atoms with van der Waals surface area (Å²) in [4.78, 5) is 22.9. The van der Waals surface area contributed by atoms with E-state index >= 15 is 0 Å². The molecule has 1 N–H and O–H groups in total. The van der Waals surface area contributed by atoms with Crippen molar-refractivity contribution in [2.24, 2.45) is 0 Å². The highest BCUT2D eigenvalue weighted by molar-refractivity contribution is 6.05. The van der Waals surface area contributed by atoms with Gasteiger partial charge in [0.2, 0.25) is 5.91 Å². The number of hydrogen-bond donors (Lipinski definition) is 1. The molecule has 0 unspecified atom stereocenters. The maximum absolute atomic E-state index is 12.6. The molecule has 6 heteroatoms. The topological polar surface area (TPSA) is 81.5 Å². The Balaban J connectivity index is 1.74. The van der Waals surface area contributed by atoms with Gasteiger partial charge in [0.15, 0.2) is 0 Å². The van der Waals surface area contributed by atoms with Crippen LogP contribution in [0.15, 0.2) is 78.9 Å². The molecule has 3 aromatic rings. The predicted octanol–water partition coefficient (Wildman–Crippen LogP) is 5.52. The van der Waals surface area contributed by atoms with E-state index in [-0.39, 0.29) is 11.6 Å². The Morgan fingerprint density at radius 2 is 1.73 bits per heavy atom. The van der Waals surface area contributed by atoms with Crippen LogP contribution >= 0.6 is 0 Å². The van der Waals surface area contributed by atoms with E-state index in [2.05, 4.69) is 5.32 Å². The fourth-order valence-corrected chi connectivity index (χ4v) is 2.94. The van der Waals surface area contributed by atoms with Crippen molar-refractivity contribution >= 4 is 22.9 Å². The van der Waals surface area contributed by atoms with Crippen LogP contribution < -0.4 is 10.1 Å². The summed E-state index contributed by atoms with van der Waals surface area (Å²) in [6.07, 6.45) is 1.47. The van der Waals surface area contributed by atoms with E-state index in [0.29, 0.717) is 23.6 Å². The van der Waals surface area contributed by atoms with Crippen LogP contribution in [0.2, 0.25) is 0 Å². The highest BCUT2D eigenvalue weighted by atomic mass is 16.6. The predicted molar refractivity (Wildman–Crippen MR) is 117 cm³/mol. The maximum atomic E-state index is 12.6. The van der Waals surface area contributed by atoms with Crippen LogP contribution in [0, 0.1) is 17.0 Å². The van der Waals surface area contributed by atoms with E-state index in [0.717, 1.165) is 16.7 Å². The van der Waals surface area contributed by atoms with Crippen molar-refractivity contribution < 1.29 is 14.5 Å². The minimum absolute atomic E-state index is 0.0103. The largest absolute Gasteiger partial charge is 0.487 e. The number of allylic oxidation sites excluding steroid dienone is 1. The molecule has 0 heterocycles. The molecule has 0 fully saturated rings. The highest BCUT2D eigenvalue weighted by Crippen LogP contribution is 2.29. The van der Waals surface area contributed by atoms with Gasteiger partial charge < -0.3 is 10.1 Å². The first kappa shape index (κ1) is 20.8. The first-order valence-corrected chi connectivity index (χ1v) is 9.44. The number of anilines is 1. The third-order valence-electron chi connectivity index (χ3n) is 4.60. The fourth-order valence-electron chi connectivity index (χ4n) is 2.94. The molecule has 0 spiro atoms. The van der Waals surface area contributed by atoms with Gasteiger partial charge in [-0.2, -0.15) is 0 Å². The van der Waals surface area contributed by atoms with Crippen molar-refractivity contribution in [2.75, 3.05) is 5.32 Å². The van der Waals surface area contributed by atoms with Crippen LogP contribution in [-0.4, -0.2) is 10.8 Å². The van der Waals surface area contributed by atoms with E-state index in [1.54, 1.807) is 19.1 Å². The summed E-state index contributed by atoms with van der Waals surface area (Å²) in [6, 6.07) is 21.5. The molecule has 0 aliphatic rings. The SMILES string of the molecule is C/C(=C\C(=O)Nc1c(C)cccc1OCc1ccccc1)c1ccc([N+](=O)[O-])cc1. The summed E-state index contributed by atoms with van der Waals surface area (Å²) in [5.74, 6) is 0.290. The van der Waals surface area contributed by atoms with Crippen molar-refractivity contribution in [1.82, 2.24) is 0 Å². The Morgan fingerprint density at radius 1 is 1.03 bits per heavy atom. The van der Waals surface area contributed by atoms with Gasteiger partial charge in [0.05, 0.1) is 10.6 Å². The van der Waals surface area contributed by atoms with Gasteiger partial charge in [-0.25, -0.2) is 0 Å². The van der Waals surface area contributed by atoms with Crippen LogP contribution in [0.3, 0.4) is 0 Å². The van der Waals surface area contributed by atoms with Gasteiger partial charge >= 0.3 is 0 Å². The molecule has 0 saturated carbocycles. The lowest BCUT2D eigenvalue weighted by atomic mass is 10.1. The zero-order valence-corrected chi connectivity index (χ0v) is 16.8. The summed E-state index contributed by atoms with van der Waals surface area (Å²) in [5.41, 5.74) is 3.98. The molecule has 0 saturated heterocycles. The second-order valence-corrected chi connectivity index (χ2v) is 6.84. The molecule has 30 heavy (non-hydrogen) atoms. The number of carbonyl (C=O) groups excluding carboxylic acids is 1. The van der Waals surface area contributed by atoms with Crippen LogP contribution in [0.4, 0.5) is 11.4 Å². The third-order valence-corrected chi connectivity index (χ3v) is 4.60. The fraction of sp³-hybridized carbons (Fsp3) is 0.125. The van der Waals surface area contributed by atoms with E-state index in [1.165, 1.54) is 18.2 Å².